The van der Waals surface area contributed by atoms with E-state index in [1.54, 1.807) is 0 Å². The van der Waals surface area contributed by atoms with Gasteiger partial charge in [-0.3, -0.25) is 0 Å². The summed E-state index contributed by atoms with van der Waals surface area (Å²) in [6.45, 7) is 2.56. The number of nitrogens with zero attached hydrogens (tertiary/aromatic N) is 2. The molecule has 0 bridgehead atoms. The zero-order valence-electron chi connectivity index (χ0n) is 9.19. The molecule has 2 aromatic rings. The zero-order valence-corrected chi connectivity index (χ0v) is 9.19. The third-order valence-corrected chi connectivity index (χ3v) is 2.51. The lowest BCUT2D eigenvalue weighted by molar-refractivity contribution is 0.613. The van der Waals surface area contributed by atoms with Crippen LogP contribution in [0.1, 0.15) is 6.42 Å². The summed E-state index contributed by atoms with van der Waals surface area (Å²) in [5.74, 6) is 2.56. The molecule has 0 aliphatic carbocycles. The number of benzene rings is 1. The molecule has 0 aliphatic heterocycles. The largest absolute Gasteiger partial charge is 0.331 e. The Morgan fingerprint density at radius 3 is 3.12 bits per heavy atom. The molecule has 82 valence electrons. The van der Waals surface area contributed by atoms with Crippen molar-refractivity contribution in [1.29, 1.82) is 0 Å². The van der Waals surface area contributed by atoms with Crippen LogP contribution in [0.4, 0.5) is 0 Å². The predicted octanol–water partition coefficient (Wildman–Crippen LogP) is 1.65. The number of aryl methyl sites for hydroxylation is 1. The molecular weight excluding hydrogens is 198 g/mol. The topological polar surface area (TPSA) is 29.9 Å². The van der Waals surface area contributed by atoms with Gasteiger partial charge in [-0.2, -0.15) is 0 Å². The average molecular weight is 213 g/mol. The molecular formula is C13H15N3. The van der Waals surface area contributed by atoms with Gasteiger partial charge in [-0.25, -0.2) is 4.98 Å². The molecule has 0 unspecified atom stereocenters. The van der Waals surface area contributed by atoms with Gasteiger partial charge >= 0.3 is 0 Å². The van der Waals surface area contributed by atoms with Gasteiger partial charge in [0.1, 0.15) is 0 Å². The van der Waals surface area contributed by atoms with Crippen molar-refractivity contribution < 1.29 is 0 Å². The van der Waals surface area contributed by atoms with Gasteiger partial charge in [-0.05, 0) is 25.1 Å². The van der Waals surface area contributed by atoms with Gasteiger partial charge in [0, 0.05) is 6.54 Å². The van der Waals surface area contributed by atoms with Crippen LogP contribution < -0.4 is 5.32 Å². The van der Waals surface area contributed by atoms with Gasteiger partial charge in [0.2, 0.25) is 0 Å². The third-order valence-electron chi connectivity index (χ3n) is 2.51. The summed E-state index contributed by atoms with van der Waals surface area (Å²) in [7, 11) is 0. The standard InChI is InChI=1S/C13H15N3/c1-2-8-14-9-5-10-16-11-15-12-6-3-4-7-13(12)16/h1,3-4,6-7,11,14H,5,8-10H2. The van der Waals surface area contributed by atoms with E-state index in [1.165, 1.54) is 5.52 Å². The molecule has 0 amide bonds. The summed E-state index contributed by atoms with van der Waals surface area (Å²) in [6, 6.07) is 8.17. The van der Waals surface area contributed by atoms with Gasteiger partial charge in [0.05, 0.1) is 23.9 Å². The van der Waals surface area contributed by atoms with Crippen molar-refractivity contribution in [1.82, 2.24) is 14.9 Å². The maximum absolute atomic E-state index is 5.15. The molecule has 3 heteroatoms. The lowest BCUT2D eigenvalue weighted by Crippen LogP contribution is -2.16. The van der Waals surface area contributed by atoms with E-state index in [2.05, 4.69) is 26.9 Å². The summed E-state index contributed by atoms with van der Waals surface area (Å²) in [6.07, 6.45) is 8.10. The van der Waals surface area contributed by atoms with E-state index in [-0.39, 0.29) is 0 Å². The van der Waals surface area contributed by atoms with Crippen LogP contribution >= 0.6 is 0 Å². The second-order valence-electron chi connectivity index (χ2n) is 3.66. The summed E-state index contributed by atoms with van der Waals surface area (Å²) < 4.78 is 2.17. The Morgan fingerprint density at radius 2 is 2.25 bits per heavy atom. The first-order chi connectivity index (χ1) is 7.92. The summed E-state index contributed by atoms with van der Waals surface area (Å²) in [5.41, 5.74) is 2.25. The van der Waals surface area contributed by atoms with Gasteiger partial charge < -0.3 is 9.88 Å². The molecule has 0 aliphatic rings. The molecule has 0 atom stereocenters. The minimum atomic E-state index is 0.644. The predicted molar refractivity (Wildman–Crippen MR) is 66.1 cm³/mol. The van der Waals surface area contributed by atoms with E-state index in [1.807, 2.05) is 24.5 Å². The number of nitrogens with one attached hydrogen (secondary N) is 1. The Hall–Kier alpha value is -1.79. The van der Waals surface area contributed by atoms with E-state index in [0.717, 1.165) is 25.0 Å². The number of rotatable bonds is 5. The van der Waals surface area contributed by atoms with Crippen molar-refractivity contribution in [3.8, 4) is 12.3 Å². The molecule has 0 radical (unpaired) electrons. The first-order valence-electron chi connectivity index (χ1n) is 5.46. The fourth-order valence-electron chi connectivity index (χ4n) is 1.72. The Labute approximate surface area is 95.5 Å². The monoisotopic (exact) mass is 213 g/mol. The van der Waals surface area contributed by atoms with Crippen LogP contribution in [0.3, 0.4) is 0 Å². The van der Waals surface area contributed by atoms with Crippen molar-refractivity contribution in [2.45, 2.75) is 13.0 Å². The van der Waals surface area contributed by atoms with Crippen molar-refractivity contribution in [3.63, 3.8) is 0 Å². The maximum Gasteiger partial charge on any atom is 0.0958 e. The Morgan fingerprint density at radius 1 is 1.38 bits per heavy atom. The highest BCUT2D eigenvalue weighted by Gasteiger charge is 1.99. The molecule has 0 saturated heterocycles. The number of aromatic nitrogens is 2. The summed E-state index contributed by atoms with van der Waals surface area (Å²) in [5, 5.41) is 3.18. The average Bonchev–Trinajstić information content (AvgIpc) is 2.73. The van der Waals surface area contributed by atoms with Gasteiger partial charge in [0.25, 0.3) is 0 Å². The van der Waals surface area contributed by atoms with E-state index in [4.69, 9.17) is 6.42 Å². The number of imidazole rings is 1. The van der Waals surface area contributed by atoms with Crippen molar-refractivity contribution in [2.24, 2.45) is 0 Å². The van der Waals surface area contributed by atoms with E-state index < -0.39 is 0 Å². The van der Waals surface area contributed by atoms with Crippen molar-refractivity contribution >= 4 is 11.0 Å². The van der Waals surface area contributed by atoms with Gasteiger partial charge in [-0.1, -0.05) is 18.1 Å². The zero-order chi connectivity index (χ0) is 11.2. The quantitative estimate of drug-likeness (QED) is 0.604. The second kappa shape index (κ2) is 5.34. The number of terminal acetylenes is 1. The smallest absolute Gasteiger partial charge is 0.0958 e. The number of hydrogen-bond donors (Lipinski definition) is 1. The summed E-state index contributed by atoms with van der Waals surface area (Å²) in [4.78, 5) is 4.34. The first kappa shape index (κ1) is 10.7. The Kier molecular flexibility index (Phi) is 3.58. The van der Waals surface area contributed by atoms with Gasteiger partial charge in [-0.15, -0.1) is 6.42 Å². The Balaban J connectivity index is 1.92. The maximum atomic E-state index is 5.15. The SMILES string of the molecule is C#CCNCCCn1cnc2ccccc21. The normalized spacial score (nSPS) is 10.4. The van der Waals surface area contributed by atoms with Crippen molar-refractivity contribution in [2.75, 3.05) is 13.1 Å². The lowest BCUT2D eigenvalue weighted by atomic mass is 10.3. The van der Waals surface area contributed by atoms with Crippen LogP contribution in [0.15, 0.2) is 30.6 Å². The highest BCUT2D eigenvalue weighted by atomic mass is 15.0. The fourth-order valence-corrected chi connectivity index (χ4v) is 1.72. The van der Waals surface area contributed by atoms with Crippen molar-refractivity contribution in [3.05, 3.63) is 30.6 Å². The van der Waals surface area contributed by atoms with E-state index in [9.17, 15) is 0 Å². The van der Waals surface area contributed by atoms with E-state index in [0.29, 0.717) is 6.54 Å². The Bertz CT molecular complexity index is 493. The number of para-hydroxylation sites is 2. The first-order valence-corrected chi connectivity index (χ1v) is 5.46. The molecule has 1 heterocycles. The van der Waals surface area contributed by atoms with Crippen LogP contribution in [0, 0.1) is 12.3 Å². The summed E-state index contributed by atoms with van der Waals surface area (Å²) >= 11 is 0. The van der Waals surface area contributed by atoms with Crippen LogP contribution in [-0.4, -0.2) is 22.6 Å². The molecule has 1 aromatic carbocycles. The highest BCUT2D eigenvalue weighted by molar-refractivity contribution is 5.74. The minimum Gasteiger partial charge on any atom is -0.331 e. The van der Waals surface area contributed by atoms with E-state index >= 15 is 0 Å². The molecule has 16 heavy (non-hydrogen) atoms. The van der Waals surface area contributed by atoms with Gasteiger partial charge in [0.15, 0.2) is 0 Å². The molecule has 1 N–H and O–H groups in total. The molecule has 0 spiro atoms. The van der Waals surface area contributed by atoms with Crippen LogP contribution in [-0.2, 0) is 6.54 Å². The molecule has 2 rings (SSSR count). The van der Waals surface area contributed by atoms with Crippen LogP contribution in [0.25, 0.3) is 11.0 Å². The third kappa shape index (κ3) is 2.41. The second-order valence-corrected chi connectivity index (χ2v) is 3.66. The fraction of sp³-hybridized carbons (Fsp3) is 0.308. The number of hydrogen-bond acceptors (Lipinski definition) is 2. The van der Waals surface area contributed by atoms with Crippen LogP contribution in [0.2, 0.25) is 0 Å². The molecule has 0 fully saturated rings. The highest BCUT2D eigenvalue weighted by Crippen LogP contribution is 2.11. The lowest BCUT2D eigenvalue weighted by Gasteiger charge is -2.04. The minimum absolute atomic E-state index is 0.644. The molecule has 3 nitrogen and oxygen atoms in total. The van der Waals surface area contributed by atoms with Crippen LogP contribution in [0.5, 0.6) is 0 Å². The molecule has 1 aromatic heterocycles. The molecule has 0 saturated carbocycles. The number of fused-ring (bicyclic) bond motifs is 1.